The number of anilines is 1. The van der Waals surface area contributed by atoms with Gasteiger partial charge in [-0.15, -0.1) is 0 Å². The minimum atomic E-state index is -0.222. The number of ether oxygens (including phenoxy) is 1. The summed E-state index contributed by atoms with van der Waals surface area (Å²) in [4.78, 5) is 4.85. The molecule has 0 saturated heterocycles. The summed E-state index contributed by atoms with van der Waals surface area (Å²) >= 11 is 0. The fourth-order valence-electron chi connectivity index (χ4n) is 3.39. The van der Waals surface area contributed by atoms with Gasteiger partial charge in [0.25, 0.3) is 0 Å². The van der Waals surface area contributed by atoms with Gasteiger partial charge in [-0.05, 0) is 38.7 Å². The van der Waals surface area contributed by atoms with Crippen molar-refractivity contribution in [2.45, 2.75) is 91.3 Å². The third kappa shape index (κ3) is 5.19. The Morgan fingerprint density at radius 2 is 1.88 bits per heavy atom. The van der Waals surface area contributed by atoms with Crippen LogP contribution in [0.3, 0.4) is 0 Å². The van der Waals surface area contributed by atoms with Crippen molar-refractivity contribution in [3.63, 3.8) is 0 Å². The van der Waals surface area contributed by atoms with Crippen LogP contribution in [0.25, 0.3) is 0 Å². The minimum Gasteiger partial charge on any atom is -0.370 e. The van der Waals surface area contributed by atoms with E-state index in [2.05, 4.69) is 39.1 Å². The first-order chi connectivity index (χ1) is 12.0. The van der Waals surface area contributed by atoms with Crippen LogP contribution in [-0.2, 0) is 24.2 Å². The van der Waals surface area contributed by atoms with Gasteiger partial charge < -0.3 is 10.1 Å². The molecule has 25 heavy (non-hydrogen) atoms. The van der Waals surface area contributed by atoms with Crippen molar-refractivity contribution in [2.24, 2.45) is 0 Å². The van der Waals surface area contributed by atoms with Crippen molar-refractivity contribution in [3.8, 4) is 6.07 Å². The van der Waals surface area contributed by atoms with Gasteiger partial charge >= 0.3 is 0 Å². The smallest absolute Gasteiger partial charge is 0.144 e. The number of pyridine rings is 1. The van der Waals surface area contributed by atoms with Crippen LogP contribution in [-0.4, -0.2) is 17.1 Å². The zero-order chi connectivity index (χ0) is 18.3. The number of aromatic nitrogens is 1. The van der Waals surface area contributed by atoms with E-state index < -0.39 is 0 Å². The van der Waals surface area contributed by atoms with E-state index in [1.165, 1.54) is 19.3 Å². The lowest BCUT2D eigenvalue weighted by atomic mass is 9.87. The van der Waals surface area contributed by atoms with Crippen molar-refractivity contribution in [2.75, 3.05) is 11.9 Å². The van der Waals surface area contributed by atoms with Crippen molar-refractivity contribution >= 4 is 5.82 Å². The predicted molar refractivity (Wildman–Crippen MR) is 103 cm³/mol. The zero-order valence-electron chi connectivity index (χ0n) is 16.4. The highest BCUT2D eigenvalue weighted by atomic mass is 16.5. The van der Waals surface area contributed by atoms with Crippen molar-refractivity contribution in [1.29, 1.82) is 5.26 Å². The number of nitrogens with zero attached hydrogens (tertiary/aromatic N) is 2. The summed E-state index contributed by atoms with van der Waals surface area (Å²) in [6.45, 7) is 10.1. The summed E-state index contributed by atoms with van der Waals surface area (Å²) in [6.07, 6.45) is 8.83. The topological polar surface area (TPSA) is 57.9 Å². The van der Waals surface area contributed by atoms with Crippen LogP contribution in [0.5, 0.6) is 0 Å². The average molecular weight is 344 g/mol. The van der Waals surface area contributed by atoms with E-state index >= 15 is 0 Å². The number of hydrogen-bond acceptors (Lipinski definition) is 4. The normalized spacial score (nSPS) is 15.5. The minimum absolute atomic E-state index is 0.222. The molecule has 1 N–H and O–H groups in total. The van der Waals surface area contributed by atoms with Gasteiger partial charge in [-0.2, -0.15) is 5.26 Å². The molecule has 0 radical (unpaired) electrons. The fraction of sp³-hybridized carbons (Fsp3) is 0.714. The maximum absolute atomic E-state index is 9.78. The molecule has 2 heterocycles. The van der Waals surface area contributed by atoms with E-state index in [1.807, 2.05) is 0 Å². The Morgan fingerprint density at radius 1 is 1.12 bits per heavy atom. The maximum Gasteiger partial charge on any atom is 0.144 e. The molecule has 0 saturated carbocycles. The van der Waals surface area contributed by atoms with Gasteiger partial charge in [0.15, 0.2) is 0 Å². The molecule has 1 aromatic heterocycles. The Labute approximate surface area is 153 Å². The molecule has 0 atom stereocenters. The van der Waals surface area contributed by atoms with E-state index in [4.69, 9.17) is 9.72 Å². The summed E-state index contributed by atoms with van der Waals surface area (Å²) in [6, 6.07) is 2.42. The first kappa shape index (κ1) is 19.7. The molecule has 0 unspecified atom stereocenters. The standard InChI is InChI=1S/C21H33N3O/c1-5-7-9-10-12-23-20-17(14-22)16-13-21(3,4)25-15-18(16)19(24-20)11-8-6-2/h5-13,15H2,1-4H3,(H,23,24). The number of rotatable bonds is 9. The van der Waals surface area contributed by atoms with Gasteiger partial charge in [-0.3, -0.25) is 0 Å². The highest BCUT2D eigenvalue weighted by molar-refractivity contribution is 5.60. The lowest BCUT2D eigenvalue weighted by Gasteiger charge is -2.33. The number of unbranched alkanes of at least 4 members (excludes halogenated alkanes) is 4. The van der Waals surface area contributed by atoms with E-state index in [0.29, 0.717) is 6.61 Å². The number of nitriles is 1. The summed E-state index contributed by atoms with van der Waals surface area (Å²) < 4.78 is 6.01. The van der Waals surface area contributed by atoms with Gasteiger partial charge in [0.1, 0.15) is 11.9 Å². The van der Waals surface area contributed by atoms with Gasteiger partial charge in [0, 0.05) is 24.2 Å². The molecule has 0 aliphatic carbocycles. The Morgan fingerprint density at radius 3 is 2.56 bits per heavy atom. The summed E-state index contributed by atoms with van der Waals surface area (Å²) in [5.74, 6) is 0.779. The van der Waals surface area contributed by atoms with E-state index in [-0.39, 0.29) is 5.60 Å². The molecule has 1 aromatic rings. The molecular formula is C21H33N3O. The molecule has 4 nitrogen and oxygen atoms in total. The average Bonchev–Trinajstić information content (AvgIpc) is 2.58. The Hall–Kier alpha value is -1.60. The number of fused-ring (bicyclic) bond motifs is 1. The van der Waals surface area contributed by atoms with Crippen LogP contribution in [0.15, 0.2) is 0 Å². The molecule has 0 fully saturated rings. The lowest BCUT2D eigenvalue weighted by molar-refractivity contribution is -0.0407. The maximum atomic E-state index is 9.78. The van der Waals surface area contributed by atoms with Crippen LogP contribution in [0, 0.1) is 11.3 Å². The quantitative estimate of drug-likeness (QED) is 0.631. The Bertz CT molecular complexity index is 617. The highest BCUT2D eigenvalue weighted by Gasteiger charge is 2.31. The first-order valence-electron chi connectivity index (χ1n) is 9.85. The highest BCUT2D eigenvalue weighted by Crippen LogP contribution is 2.34. The van der Waals surface area contributed by atoms with Crippen LogP contribution in [0.1, 0.15) is 88.6 Å². The zero-order valence-corrected chi connectivity index (χ0v) is 16.4. The second-order valence-corrected chi connectivity index (χ2v) is 7.67. The van der Waals surface area contributed by atoms with Gasteiger partial charge in [0.2, 0.25) is 0 Å². The molecule has 4 heteroatoms. The number of nitrogens with one attached hydrogen (secondary N) is 1. The van der Waals surface area contributed by atoms with Crippen LogP contribution in [0.4, 0.5) is 5.82 Å². The molecule has 0 amide bonds. The van der Waals surface area contributed by atoms with Crippen LogP contribution >= 0.6 is 0 Å². The summed E-state index contributed by atoms with van der Waals surface area (Å²) in [5.41, 5.74) is 3.92. The van der Waals surface area contributed by atoms with Gasteiger partial charge in [-0.1, -0.05) is 39.5 Å². The van der Waals surface area contributed by atoms with Crippen molar-refractivity contribution in [3.05, 3.63) is 22.4 Å². The van der Waals surface area contributed by atoms with E-state index in [0.717, 1.165) is 66.9 Å². The molecular weight excluding hydrogens is 310 g/mol. The fourth-order valence-corrected chi connectivity index (χ4v) is 3.39. The van der Waals surface area contributed by atoms with Crippen LogP contribution < -0.4 is 5.32 Å². The Balaban J connectivity index is 2.29. The SMILES string of the molecule is CCCCCCNc1nc(CCCC)c2c(c1C#N)CC(C)(C)OC2. The number of hydrogen-bond donors (Lipinski definition) is 1. The van der Waals surface area contributed by atoms with Gasteiger partial charge in [-0.25, -0.2) is 4.98 Å². The molecule has 2 rings (SSSR count). The largest absolute Gasteiger partial charge is 0.370 e. The van der Waals surface area contributed by atoms with Crippen LogP contribution in [0.2, 0.25) is 0 Å². The molecule has 1 aliphatic rings. The van der Waals surface area contributed by atoms with Crippen molar-refractivity contribution in [1.82, 2.24) is 4.98 Å². The molecule has 0 aromatic carbocycles. The predicted octanol–water partition coefficient (Wildman–Crippen LogP) is 5.14. The third-order valence-electron chi connectivity index (χ3n) is 4.91. The summed E-state index contributed by atoms with van der Waals surface area (Å²) in [5, 5.41) is 13.2. The van der Waals surface area contributed by atoms with Gasteiger partial charge in [0.05, 0.1) is 17.8 Å². The molecule has 0 spiro atoms. The van der Waals surface area contributed by atoms with Crippen molar-refractivity contribution < 1.29 is 4.74 Å². The summed E-state index contributed by atoms with van der Waals surface area (Å²) in [7, 11) is 0. The second-order valence-electron chi connectivity index (χ2n) is 7.67. The molecule has 138 valence electrons. The molecule has 1 aliphatic heterocycles. The molecule has 0 bridgehead atoms. The lowest BCUT2D eigenvalue weighted by Crippen LogP contribution is -2.33. The first-order valence-corrected chi connectivity index (χ1v) is 9.85. The third-order valence-corrected chi connectivity index (χ3v) is 4.91. The van der Waals surface area contributed by atoms with E-state index in [1.54, 1.807) is 0 Å². The monoisotopic (exact) mass is 343 g/mol. The Kier molecular flexibility index (Phi) is 7.25. The number of aryl methyl sites for hydroxylation is 1. The van der Waals surface area contributed by atoms with E-state index in [9.17, 15) is 5.26 Å². The second kappa shape index (κ2) is 9.20.